The molecule has 0 aliphatic rings. The second kappa shape index (κ2) is 42.0. The third-order valence-electron chi connectivity index (χ3n) is 10.1. The van der Waals surface area contributed by atoms with E-state index in [1.807, 2.05) is 6.08 Å². The molecule has 0 fully saturated rings. The summed E-state index contributed by atoms with van der Waals surface area (Å²) in [5.41, 5.74) is 0. The smallest absolute Gasteiger partial charge is 0.220 e. The van der Waals surface area contributed by atoms with E-state index in [-0.39, 0.29) is 12.5 Å². The Balaban J connectivity index is 3.51. The van der Waals surface area contributed by atoms with Gasteiger partial charge < -0.3 is 15.5 Å². The zero-order valence-corrected chi connectivity index (χ0v) is 33.7. The molecule has 0 saturated heterocycles. The maximum atomic E-state index is 12.4. The Morgan fingerprint density at radius 2 is 0.820 bits per heavy atom. The van der Waals surface area contributed by atoms with Gasteiger partial charge in [0.05, 0.1) is 18.8 Å². The first-order valence-corrected chi connectivity index (χ1v) is 22.2. The monoisotopic (exact) mass is 702 g/mol. The van der Waals surface area contributed by atoms with Crippen molar-refractivity contribution in [2.24, 2.45) is 0 Å². The number of carbonyl (C=O) groups excluding carboxylic acids is 1. The van der Waals surface area contributed by atoms with E-state index in [1.165, 1.54) is 180 Å². The third-order valence-corrected chi connectivity index (χ3v) is 10.1. The molecular weight excluding hydrogens is 615 g/mol. The highest BCUT2D eigenvalue weighted by Crippen LogP contribution is 2.14. The van der Waals surface area contributed by atoms with Crippen molar-refractivity contribution < 1.29 is 15.0 Å². The molecule has 4 nitrogen and oxygen atoms in total. The van der Waals surface area contributed by atoms with Gasteiger partial charge in [-0.25, -0.2) is 0 Å². The summed E-state index contributed by atoms with van der Waals surface area (Å²) in [6.07, 6.45) is 55.4. The van der Waals surface area contributed by atoms with Crippen molar-refractivity contribution in [3.63, 3.8) is 0 Å². The Bertz CT molecular complexity index is 760. The maximum absolute atomic E-state index is 12.4. The van der Waals surface area contributed by atoms with E-state index < -0.39 is 12.1 Å². The van der Waals surface area contributed by atoms with Crippen LogP contribution in [0.4, 0.5) is 0 Å². The van der Waals surface area contributed by atoms with Crippen LogP contribution in [0.5, 0.6) is 0 Å². The van der Waals surface area contributed by atoms with Gasteiger partial charge in [0.2, 0.25) is 5.91 Å². The van der Waals surface area contributed by atoms with E-state index in [9.17, 15) is 15.0 Å². The van der Waals surface area contributed by atoms with Gasteiger partial charge in [-0.3, -0.25) is 4.79 Å². The zero-order chi connectivity index (χ0) is 36.4. The second-order valence-electron chi connectivity index (χ2n) is 15.1. The number of hydrogen-bond acceptors (Lipinski definition) is 3. The maximum Gasteiger partial charge on any atom is 0.220 e. The molecular formula is C46H87NO3. The fourth-order valence-electron chi connectivity index (χ4n) is 6.68. The lowest BCUT2D eigenvalue weighted by molar-refractivity contribution is -0.123. The number of aliphatic hydroxyl groups excluding tert-OH is 2. The summed E-state index contributed by atoms with van der Waals surface area (Å²) in [4.78, 5) is 12.4. The Hall–Kier alpha value is -1.39. The fourth-order valence-corrected chi connectivity index (χ4v) is 6.68. The van der Waals surface area contributed by atoms with Crippen LogP contribution >= 0.6 is 0 Å². The molecule has 0 bridgehead atoms. The summed E-state index contributed by atoms with van der Waals surface area (Å²) in [6, 6.07) is -0.621. The number of carbonyl (C=O) groups is 1. The number of allylic oxidation sites excluding steroid dienone is 5. The van der Waals surface area contributed by atoms with Gasteiger partial charge in [-0.1, -0.05) is 211 Å². The van der Waals surface area contributed by atoms with Crippen LogP contribution < -0.4 is 5.32 Å². The average molecular weight is 702 g/mol. The van der Waals surface area contributed by atoms with Crippen LogP contribution in [0, 0.1) is 0 Å². The predicted molar refractivity (Wildman–Crippen MR) is 221 cm³/mol. The molecule has 0 spiro atoms. The molecule has 3 N–H and O–H groups in total. The molecule has 0 heterocycles. The van der Waals surface area contributed by atoms with Gasteiger partial charge in [0.15, 0.2) is 0 Å². The summed E-state index contributed by atoms with van der Waals surface area (Å²) in [7, 11) is 0. The van der Waals surface area contributed by atoms with Gasteiger partial charge in [-0.05, 0) is 51.4 Å². The molecule has 50 heavy (non-hydrogen) atoms. The van der Waals surface area contributed by atoms with Crippen LogP contribution in [0.3, 0.4) is 0 Å². The Morgan fingerprint density at radius 1 is 0.480 bits per heavy atom. The number of unbranched alkanes of at least 4 members (excludes halogenated alkanes) is 29. The van der Waals surface area contributed by atoms with Crippen molar-refractivity contribution in [1.29, 1.82) is 0 Å². The van der Waals surface area contributed by atoms with Crippen molar-refractivity contribution >= 4 is 5.91 Å². The molecule has 2 unspecified atom stereocenters. The van der Waals surface area contributed by atoms with Crippen molar-refractivity contribution in [3.8, 4) is 0 Å². The molecule has 0 aromatic heterocycles. The normalized spacial score (nSPS) is 13.3. The summed E-state index contributed by atoms with van der Waals surface area (Å²) in [5.74, 6) is -0.0673. The van der Waals surface area contributed by atoms with Crippen molar-refractivity contribution in [2.45, 2.75) is 244 Å². The minimum absolute atomic E-state index is 0.0673. The molecule has 1 amide bonds. The Labute approximate surface area is 312 Å². The van der Waals surface area contributed by atoms with Crippen molar-refractivity contribution in [3.05, 3.63) is 36.5 Å². The summed E-state index contributed by atoms with van der Waals surface area (Å²) in [6.45, 7) is 4.30. The summed E-state index contributed by atoms with van der Waals surface area (Å²) < 4.78 is 0. The van der Waals surface area contributed by atoms with E-state index in [1.54, 1.807) is 6.08 Å². The number of hydrogen-bond donors (Lipinski definition) is 3. The highest BCUT2D eigenvalue weighted by atomic mass is 16.3. The zero-order valence-electron chi connectivity index (χ0n) is 33.7. The average Bonchev–Trinajstić information content (AvgIpc) is 3.12. The molecule has 0 aromatic rings. The third kappa shape index (κ3) is 37.9. The lowest BCUT2D eigenvalue weighted by Gasteiger charge is -2.20. The van der Waals surface area contributed by atoms with Crippen LogP contribution in [-0.4, -0.2) is 34.9 Å². The van der Waals surface area contributed by atoms with Crippen LogP contribution in [0.1, 0.15) is 232 Å². The van der Waals surface area contributed by atoms with Crippen LogP contribution in [0.15, 0.2) is 36.5 Å². The Morgan fingerprint density at radius 3 is 1.20 bits per heavy atom. The first-order chi connectivity index (χ1) is 24.7. The lowest BCUT2D eigenvalue weighted by atomic mass is 10.0. The SMILES string of the molecule is CCCCCCCCCCC/C=C\C/C=C\CCCCCCCCCCCCCC(=O)NC(CO)C(O)/C=C/CCCCCCCCCCC. The largest absolute Gasteiger partial charge is 0.394 e. The standard InChI is InChI=1S/C46H87NO3/c1-3-5-7-9-11-13-15-16-17-18-19-20-21-22-23-24-25-26-27-28-29-30-32-34-36-38-40-42-46(50)47-44(43-48)45(49)41-39-37-35-33-31-14-12-10-8-6-4-2/h19-20,22-23,39,41,44-45,48-49H,3-18,21,24-38,40,42-43H2,1-2H3,(H,47,50)/b20-19-,23-22-,41-39+. The number of aliphatic hydroxyl groups is 2. The molecule has 0 aliphatic heterocycles. The van der Waals surface area contributed by atoms with E-state index >= 15 is 0 Å². The summed E-state index contributed by atoms with van der Waals surface area (Å²) >= 11 is 0. The van der Waals surface area contributed by atoms with Crippen LogP contribution in [0.2, 0.25) is 0 Å². The number of rotatable bonds is 40. The molecule has 0 rings (SSSR count). The van der Waals surface area contributed by atoms with Gasteiger partial charge in [0.1, 0.15) is 0 Å². The van der Waals surface area contributed by atoms with Gasteiger partial charge in [0.25, 0.3) is 0 Å². The van der Waals surface area contributed by atoms with Gasteiger partial charge in [-0.2, -0.15) is 0 Å². The van der Waals surface area contributed by atoms with Gasteiger partial charge >= 0.3 is 0 Å². The fraction of sp³-hybridized carbons (Fsp3) is 0.848. The van der Waals surface area contributed by atoms with Crippen LogP contribution in [0.25, 0.3) is 0 Å². The van der Waals surface area contributed by atoms with Gasteiger partial charge in [-0.15, -0.1) is 0 Å². The van der Waals surface area contributed by atoms with Gasteiger partial charge in [0, 0.05) is 6.42 Å². The van der Waals surface area contributed by atoms with Crippen molar-refractivity contribution in [1.82, 2.24) is 5.32 Å². The molecule has 0 saturated carbocycles. The molecule has 0 radical (unpaired) electrons. The predicted octanol–water partition coefficient (Wildman–Crippen LogP) is 13.8. The molecule has 0 aromatic carbocycles. The number of nitrogens with one attached hydrogen (secondary N) is 1. The minimum atomic E-state index is -0.837. The van der Waals surface area contributed by atoms with Crippen LogP contribution in [-0.2, 0) is 4.79 Å². The quantitative estimate of drug-likeness (QED) is 0.0440. The molecule has 294 valence electrons. The topological polar surface area (TPSA) is 69.6 Å². The highest BCUT2D eigenvalue weighted by Gasteiger charge is 2.17. The first-order valence-electron chi connectivity index (χ1n) is 22.2. The van der Waals surface area contributed by atoms with E-state index in [0.29, 0.717) is 6.42 Å². The number of amides is 1. The minimum Gasteiger partial charge on any atom is -0.394 e. The Kier molecular flexibility index (Phi) is 40.9. The second-order valence-corrected chi connectivity index (χ2v) is 15.1. The highest BCUT2D eigenvalue weighted by molar-refractivity contribution is 5.76. The van der Waals surface area contributed by atoms with E-state index in [0.717, 1.165) is 32.1 Å². The summed E-state index contributed by atoms with van der Waals surface area (Å²) in [5, 5.41) is 22.9. The molecule has 0 aliphatic carbocycles. The van der Waals surface area contributed by atoms with E-state index in [4.69, 9.17) is 0 Å². The van der Waals surface area contributed by atoms with Crippen molar-refractivity contribution in [2.75, 3.05) is 6.61 Å². The molecule has 2 atom stereocenters. The van der Waals surface area contributed by atoms with E-state index in [2.05, 4.69) is 43.5 Å². The lowest BCUT2D eigenvalue weighted by Crippen LogP contribution is -2.45. The molecule has 4 heteroatoms. The first kappa shape index (κ1) is 48.6.